The molecule has 1 heterocycles. The zero-order chi connectivity index (χ0) is 12.3. The molecule has 0 aliphatic carbocycles. The number of nitrogens with zero attached hydrogens (tertiary/aromatic N) is 1. The molecule has 1 aromatic rings. The fourth-order valence-corrected chi connectivity index (χ4v) is 1.39. The summed E-state index contributed by atoms with van der Waals surface area (Å²) in [6, 6.07) is 0.886. The number of primary amides is 1. The van der Waals surface area contributed by atoms with Gasteiger partial charge in [0.25, 0.3) is 0 Å². The maximum absolute atomic E-state index is 12.8. The van der Waals surface area contributed by atoms with Crippen molar-refractivity contribution < 1.29 is 19.4 Å². The molecule has 0 bridgehead atoms. The molecule has 0 aliphatic heterocycles. The molecule has 2 atom stereocenters. The van der Waals surface area contributed by atoms with Crippen molar-refractivity contribution in [1.82, 2.24) is 4.98 Å². The molecule has 2 unspecified atom stereocenters. The normalized spacial score (nSPS) is 14.5. The Morgan fingerprint density at radius 2 is 2.25 bits per heavy atom. The lowest BCUT2D eigenvalue weighted by molar-refractivity contribution is -0.121. The second-order valence-corrected chi connectivity index (χ2v) is 3.62. The molecule has 0 aliphatic rings. The molecule has 4 N–H and O–H groups in total. The van der Waals surface area contributed by atoms with Crippen molar-refractivity contribution in [2.75, 3.05) is 0 Å². The van der Waals surface area contributed by atoms with Crippen LogP contribution in [0.4, 0.5) is 4.39 Å². The lowest BCUT2D eigenvalue weighted by Crippen LogP contribution is -2.26. The predicted octanol–water partition coefficient (Wildman–Crippen LogP) is 0.144. The number of nitrogens with two attached hydrogens (primary N) is 1. The van der Waals surface area contributed by atoms with E-state index in [0.29, 0.717) is 0 Å². The summed E-state index contributed by atoms with van der Waals surface area (Å²) in [4.78, 5) is 13.8. The molecule has 0 spiro atoms. The number of pyridine rings is 1. The van der Waals surface area contributed by atoms with E-state index >= 15 is 0 Å². The highest BCUT2D eigenvalue weighted by atomic mass is 35.5. The zero-order valence-electron chi connectivity index (χ0n) is 8.10. The van der Waals surface area contributed by atoms with Gasteiger partial charge in [-0.2, -0.15) is 4.39 Å². The number of aliphatic hydroxyl groups is 2. The maximum atomic E-state index is 12.8. The molecule has 0 aromatic carbocycles. The summed E-state index contributed by atoms with van der Waals surface area (Å²) in [5.41, 5.74) is 4.81. The van der Waals surface area contributed by atoms with Gasteiger partial charge in [0.1, 0.15) is 6.10 Å². The Hall–Kier alpha value is -1.24. The molecule has 16 heavy (non-hydrogen) atoms. The smallest absolute Gasteiger partial charge is 0.220 e. The summed E-state index contributed by atoms with van der Waals surface area (Å²) in [5.74, 6) is -1.62. The van der Waals surface area contributed by atoms with Gasteiger partial charge in [0, 0.05) is 17.8 Å². The first-order valence-electron chi connectivity index (χ1n) is 4.37. The van der Waals surface area contributed by atoms with Gasteiger partial charge in [-0.05, 0) is 0 Å². The summed E-state index contributed by atoms with van der Waals surface area (Å²) < 4.78 is 12.8. The van der Waals surface area contributed by atoms with Crippen LogP contribution in [0.1, 0.15) is 18.1 Å². The first-order chi connectivity index (χ1) is 7.41. The molecule has 7 heteroatoms. The summed E-state index contributed by atoms with van der Waals surface area (Å²) in [5, 5.41) is 19.0. The predicted molar refractivity (Wildman–Crippen MR) is 54.0 cm³/mol. The molecule has 88 valence electrons. The van der Waals surface area contributed by atoms with Crippen LogP contribution in [0.25, 0.3) is 0 Å². The van der Waals surface area contributed by atoms with E-state index in [1.807, 2.05) is 0 Å². The quantitative estimate of drug-likeness (QED) is 0.661. The van der Waals surface area contributed by atoms with E-state index in [-0.39, 0.29) is 10.6 Å². The van der Waals surface area contributed by atoms with E-state index in [0.717, 1.165) is 12.3 Å². The lowest BCUT2D eigenvalue weighted by Gasteiger charge is -2.17. The Kier molecular flexibility index (Phi) is 4.17. The van der Waals surface area contributed by atoms with Crippen molar-refractivity contribution in [3.8, 4) is 0 Å². The van der Waals surface area contributed by atoms with Crippen LogP contribution in [0.3, 0.4) is 0 Å². The van der Waals surface area contributed by atoms with Crippen LogP contribution >= 0.6 is 11.6 Å². The van der Waals surface area contributed by atoms with E-state index in [2.05, 4.69) is 4.98 Å². The molecule has 0 radical (unpaired) electrons. The average molecular weight is 249 g/mol. The van der Waals surface area contributed by atoms with E-state index in [1.54, 1.807) is 0 Å². The van der Waals surface area contributed by atoms with Crippen molar-refractivity contribution in [2.24, 2.45) is 5.73 Å². The second kappa shape index (κ2) is 5.20. The third-order valence-corrected chi connectivity index (χ3v) is 2.26. The van der Waals surface area contributed by atoms with Gasteiger partial charge in [0.15, 0.2) is 0 Å². The number of hydrogen-bond donors (Lipinski definition) is 3. The lowest BCUT2D eigenvalue weighted by atomic mass is 10.0. The SMILES string of the molecule is NC(=O)CC(O)C(O)c1cc(F)ncc1Cl. The highest BCUT2D eigenvalue weighted by molar-refractivity contribution is 6.31. The van der Waals surface area contributed by atoms with E-state index in [1.165, 1.54) is 0 Å². The minimum atomic E-state index is -1.49. The molecule has 0 saturated heterocycles. The van der Waals surface area contributed by atoms with Gasteiger partial charge in [-0.3, -0.25) is 4.79 Å². The van der Waals surface area contributed by atoms with Gasteiger partial charge in [-0.15, -0.1) is 0 Å². The number of rotatable bonds is 4. The van der Waals surface area contributed by atoms with Crippen LogP contribution in [0.15, 0.2) is 12.3 Å². The fraction of sp³-hybridized carbons (Fsp3) is 0.333. The van der Waals surface area contributed by atoms with Crippen LogP contribution in [0, 0.1) is 5.95 Å². The fourth-order valence-electron chi connectivity index (χ4n) is 1.18. The molecule has 5 nitrogen and oxygen atoms in total. The Morgan fingerprint density at radius 1 is 1.62 bits per heavy atom. The van der Waals surface area contributed by atoms with Gasteiger partial charge < -0.3 is 15.9 Å². The van der Waals surface area contributed by atoms with Gasteiger partial charge in [-0.25, -0.2) is 4.98 Å². The monoisotopic (exact) mass is 248 g/mol. The number of carbonyl (C=O) groups is 1. The molecule has 0 fully saturated rings. The van der Waals surface area contributed by atoms with E-state index in [4.69, 9.17) is 17.3 Å². The number of aromatic nitrogens is 1. The van der Waals surface area contributed by atoms with Crippen molar-refractivity contribution in [2.45, 2.75) is 18.6 Å². The summed E-state index contributed by atoms with van der Waals surface area (Å²) in [7, 11) is 0. The molecular weight excluding hydrogens is 239 g/mol. The van der Waals surface area contributed by atoms with Gasteiger partial charge in [0.05, 0.1) is 17.5 Å². The Morgan fingerprint density at radius 3 is 2.81 bits per heavy atom. The maximum Gasteiger partial charge on any atom is 0.220 e. The highest BCUT2D eigenvalue weighted by Crippen LogP contribution is 2.26. The summed E-state index contributed by atoms with van der Waals surface area (Å²) >= 11 is 5.66. The third kappa shape index (κ3) is 3.13. The zero-order valence-corrected chi connectivity index (χ0v) is 8.86. The highest BCUT2D eigenvalue weighted by Gasteiger charge is 2.23. The number of halogens is 2. The Labute approximate surface area is 95.7 Å². The average Bonchev–Trinajstić information content (AvgIpc) is 2.19. The summed E-state index contributed by atoms with van der Waals surface area (Å²) in [6.45, 7) is 0. The van der Waals surface area contributed by atoms with Crippen molar-refractivity contribution in [3.05, 3.63) is 28.8 Å². The van der Waals surface area contributed by atoms with Crippen LogP contribution < -0.4 is 5.73 Å². The first-order valence-corrected chi connectivity index (χ1v) is 4.75. The van der Waals surface area contributed by atoms with E-state index < -0.39 is 30.5 Å². The molecular formula is C9H10ClFN2O3. The number of carbonyl (C=O) groups excluding carboxylic acids is 1. The Bertz CT molecular complexity index is 402. The number of aliphatic hydroxyl groups excluding tert-OH is 2. The standard InChI is InChI=1S/C9H10ClFN2O3/c10-5-3-13-7(11)1-4(5)9(16)6(14)2-8(12)15/h1,3,6,9,14,16H,2H2,(H2,12,15). The number of amides is 1. The first kappa shape index (κ1) is 12.8. The van der Waals surface area contributed by atoms with Crippen molar-refractivity contribution in [1.29, 1.82) is 0 Å². The molecule has 1 rings (SSSR count). The molecule has 1 amide bonds. The van der Waals surface area contributed by atoms with Crippen LogP contribution in [0.2, 0.25) is 5.02 Å². The van der Waals surface area contributed by atoms with Gasteiger partial charge in [-0.1, -0.05) is 11.6 Å². The largest absolute Gasteiger partial charge is 0.390 e. The minimum Gasteiger partial charge on any atom is -0.390 e. The van der Waals surface area contributed by atoms with Crippen LogP contribution in [0.5, 0.6) is 0 Å². The van der Waals surface area contributed by atoms with Gasteiger partial charge in [0.2, 0.25) is 11.9 Å². The molecule has 1 aromatic heterocycles. The van der Waals surface area contributed by atoms with Crippen molar-refractivity contribution >= 4 is 17.5 Å². The van der Waals surface area contributed by atoms with Crippen LogP contribution in [-0.2, 0) is 4.79 Å². The van der Waals surface area contributed by atoms with Gasteiger partial charge >= 0.3 is 0 Å². The topological polar surface area (TPSA) is 96.4 Å². The second-order valence-electron chi connectivity index (χ2n) is 3.21. The summed E-state index contributed by atoms with van der Waals surface area (Å²) in [6.07, 6.45) is -2.36. The van der Waals surface area contributed by atoms with Crippen LogP contribution in [-0.4, -0.2) is 27.2 Å². The van der Waals surface area contributed by atoms with E-state index in [9.17, 15) is 19.4 Å². The minimum absolute atomic E-state index is 0.00239. The number of hydrogen-bond acceptors (Lipinski definition) is 4. The van der Waals surface area contributed by atoms with Crippen molar-refractivity contribution in [3.63, 3.8) is 0 Å². The Balaban J connectivity index is 2.90. The molecule has 0 saturated carbocycles. The third-order valence-electron chi connectivity index (χ3n) is 1.95.